The lowest BCUT2D eigenvalue weighted by Gasteiger charge is -2.24. The lowest BCUT2D eigenvalue weighted by atomic mass is 10.0. The summed E-state index contributed by atoms with van der Waals surface area (Å²) in [5, 5.41) is 5.83. The molecule has 142 valence electrons. The zero-order valence-electron chi connectivity index (χ0n) is 15.6. The van der Waals surface area contributed by atoms with Crippen molar-refractivity contribution in [1.82, 2.24) is 9.91 Å². The second-order valence-corrected chi connectivity index (χ2v) is 6.88. The fourth-order valence-corrected chi connectivity index (χ4v) is 3.05. The Morgan fingerprint density at radius 2 is 2.00 bits per heavy atom. The normalized spacial score (nSPS) is 16.6. The summed E-state index contributed by atoms with van der Waals surface area (Å²) in [6.07, 6.45) is 2.00. The van der Waals surface area contributed by atoms with E-state index in [1.54, 1.807) is 51.4 Å². The summed E-state index contributed by atoms with van der Waals surface area (Å²) in [6, 6.07) is 9.14. The van der Waals surface area contributed by atoms with Crippen molar-refractivity contribution < 1.29 is 18.4 Å². The number of carbonyl (C=O) groups is 2. The van der Waals surface area contributed by atoms with Gasteiger partial charge in [0.25, 0.3) is 5.91 Å². The van der Waals surface area contributed by atoms with Gasteiger partial charge in [-0.1, -0.05) is 26.0 Å². The molecule has 0 N–H and O–H groups in total. The van der Waals surface area contributed by atoms with Crippen LogP contribution in [0.15, 0.2) is 52.2 Å². The minimum absolute atomic E-state index is 0.0750. The number of amides is 2. The third kappa shape index (κ3) is 4.07. The van der Waals surface area contributed by atoms with E-state index in [9.17, 15) is 14.0 Å². The molecule has 1 aromatic carbocycles. The van der Waals surface area contributed by atoms with Crippen LogP contribution >= 0.6 is 0 Å². The Kier molecular flexibility index (Phi) is 5.39. The Bertz CT molecular complexity index is 844. The number of likely N-dealkylation sites (N-methyl/N-ethyl adjacent to an activating group) is 1. The van der Waals surface area contributed by atoms with Crippen LogP contribution in [0, 0.1) is 11.7 Å². The molecular formula is C20H22FN3O3. The highest BCUT2D eigenvalue weighted by Crippen LogP contribution is 2.33. The van der Waals surface area contributed by atoms with Crippen molar-refractivity contribution in [2.75, 3.05) is 13.6 Å². The van der Waals surface area contributed by atoms with Gasteiger partial charge in [0.1, 0.15) is 24.2 Å². The highest BCUT2D eigenvalue weighted by Gasteiger charge is 2.35. The van der Waals surface area contributed by atoms with E-state index < -0.39 is 6.04 Å². The van der Waals surface area contributed by atoms with Crippen LogP contribution in [-0.2, 0) is 9.59 Å². The largest absolute Gasteiger partial charge is 0.467 e. The zero-order valence-corrected chi connectivity index (χ0v) is 15.6. The molecule has 0 bridgehead atoms. The summed E-state index contributed by atoms with van der Waals surface area (Å²) >= 11 is 0. The van der Waals surface area contributed by atoms with E-state index in [0.29, 0.717) is 17.9 Å². The van der Waals surface area contributed by atoms with Crippen LogP contribution in [0.4, 0.5) is 4.39 Å². The van der Waals surface area contributed by atoms with Gasteiger partial charge in [-0.15, -0.1) is 0 Å². The van der Waals surface area contributed by atoms with Crippen molar-refractivity contribution in [3.63, 3.8) is 0 Å². The molecule has 2 amide bonds. The summed E-state index contributed by atoms with van der Waals surface area (Å²) in [7, 11) is 1.60. The molecule has 1 atom stereocenters. The van der Waals surface area contributed by atoms with Gasteiger partial charge in [-0.05, 0) is 29.8 Å². The maximum Gasteiger partial charge on any atom is 0.262 e. The summed E-state index contributed by atoms with van der Waals surface area (Å²) < 4.78 is 18.7. The number of hydrogen-bond donors (Lipinski definition) is 0. The lowest BCUT2D eigenvalue weighted by molar-refractivity contribution is -0.142. The summed E-state index contributed by atoms with van der Waals surface area (Å²) in [4.78, 5) is 26.3. The molecule has 3 rings (SSSR count). The van der Waals surface area contributed by atoms with Crippen LogP contribution in [0.25, 0.3) is 0 Å². The van der Waals surface area contributed by atoms with Crippen molar-refractivity contribution >= 4 is 17.5 Å². The van der Waals surface area contributed by atoms with E-state index in [4.69, 9.17) is 4.42 Å². The average Bonchev–Trinajstić information content (AvgIpc) is 3.30. The first-order valence-corrected chi connectivity index (χ1v) is 8.80. The third-order valence-corrected chi connectivity index (χ3v) is 4.46. The maximum atomic E-state index is 13.2. The monoisotopic (exact) mass is 371 g/mol. The van der Waals surface area contributed by atoms with Crippen LogP contribution in [0.5, 0.6) is 0 Å². The summed E-state index contributed by atoms with van der Waals surface area (Å²) in [5.41, 5.74) is 1.41. The number of halogens is 1. The van der Waals surface area contributed by atoms with Gasteiger partial charge in [0, 0.05) is 19.4 Å². The van der Waals surface area contributed by atoms with Gasteiger partial charge < -0.3 is 9.32 Å². The molecule has 2 heterocycles. The average molecular weight is 371 g/mol. The van der Waals surface area contributed by atoms with Crippen molar-refractivity contribution in [2.24, 2.45) is 11.0 Å². The van der Waals surface area contributed by atoms with Gasteiger partial charge in [-0.25, -0.2) is 9.40 Å². The Morgan fingerprint density at radius 3 is 2.59 bits per heavy atom. The molecule has 0 fully saturated rings. The predicted molar refractivity (Wildman–Crippen MR) is 98.3 cm³/mol. The van der Waals surface area contributed by atoms with Gasteiger partial charge in [0.05, 0.1) is 12.0 Å². The number of nitrogens with zero attached hydrogens (tertiary/aromatic N) is 3. The molecule has 0 saturated carbocycles. The van der Waals surface area contributed by atoms with Crippen LogP contribution in [0.3, 0.4) is 0 Å². The van der Waals surface area contributed by atoms with E-state index in [2.05, 4.69) is 5.10 Å². The SMILES string of the molecule is CC(C)C(=O)N(C)CC(=O)N1N=C(c2ccc(F)cc2)C[C@H]1c1ccco1. The Balaban J connectivity index is 1.85. The number of rotatable bonds is 5. The predicted octanol–water partition coefficient (Wildman–Crippen LogP) is 3.21. The van der Waals surface area contributed by atoms with Crippen LogP contribution < -0.4 is 0 Å². The maximum absolute atomic E-state index is 13.2. The molecule has 27 heavy (non-hydrogen) atoms. The fraction of sp³-hybridized carbons (Fsp3) is 0.350. The van der Waals surface area contributed by atoms with E-state index in [1.165, 1.54) is 22.0 Å². The highest BCUT2D eigenvalue weighted by molar-refractivity contribution is 6.03. The number of furan rings is 1. The second-order valence-electron chi connectivity index (χ2n) is 6.88. The fourth-order valence-electron chi connectivity index (χ4n) is 3.05. The molecule has 6 nitrogen and oxygen atoms in total. The minimum atomic E-state index is -0.393. The third-order valence-electron chi connectivity index (χ3n) is 4.46. The molecule has 1 aliphatic rings. The Hall–Kier alpha value is -2.96. The lowest BCUT2D eigenvalue weighted by Crippen LogP contribution is -2.40. The second kappa shape index (κ2) is 7.73. The van der Waals surface area contributed by atoms with E-state index >= 15 is 0 Å². The minimum Gasteiger partial charge on any atom is -0.467 e. The first kappa shape index (κ1) is 18.8. The Labute approximate surface area is 157 Å². The van der Waals surface area contributed by atoms with Crippen LogP contribution in [0.2, 0.25) is 0 Å². The standard InChI is InChI=1S/C20H22FN3O3/c1-13(2)20(26)23(3)12-19(25)24-17(18-5-4-10-27-18)11-16(22-24)14-6-8-15(21)9-7-14/h4-10,13,17H,11-12H2,1-3H3/t17-/m0/s1. The van der Waals surface area contributed by atoms with Crippen molar-refractivity contribution in [3.05, 3.63) is 59.8 Å². The van der Waals surface area contributed by atoms with Gasteiger partial charge >= 0.3 is 0 Å². The van der Waals surface area contributed by atoms with Crippen molar-refractivity contribution in [3.8, 4) is 0 Å². The molecule has 7 heteroatoms. The van der Waals surface area contributed by atoms with E-state index in [1.807, 2.05) is 0 Å². The number of carbonyl (C=O) groups excluding carboxylic acids is 2. The number of hydrazone groups is 1. The smallest absolute Gasteiger partial charge is 0.262 e. The van der Waals surface area contributed by atoms with Gasteiger partial charge in [-0.2, -0.15) is 5.10 Å². The molecule has 0 spiro atoms. The molecule has 1 aromatic heterocycles. The number of benzene rings is 1. The Morgan fingerprint density at radius 1 is 1.30 bits per heavy atom. The molecule has 0 aliphatic carbocycles. The van der Waals surface area contributed by atoms with Gasteiger partial charge in [0.2, 0.25) is 5.91 Å². The summed E-state index contributed by atoms with van der Waals surface area (Å²) in [5.74, 6) is -0.325. The van der Waals surface area contributed by atoms with Gasteiger partial charge in [-0.3, -0.25) is 9.59 Å². The van der Waals surface area contributed by atoms with Gasteiger partial charge in [0.15, 0.2) is 0 Å². The molecule has 0 unspecified atom stereocenters. The first-order chi connectivity index (χ1) is 12.9. The zero-order chi connectivity index (χ0) is 19.6. The molecular weight excluding hydrogens is 349 g/mol. The highest BCUT2D eigenvalue weighted by atomic mass is 19.1. The van der Waals surface area contributed by atoms with Crippen molar-refractivity contribution in [2.45, 2.75) is 26.3 Å². The molecule has 0 radical (unpaired) electrons. The quantitative estimate of drug-likeness (QED) is 0.811. The molecule has 0 saturated heterocycles. The van der Waals surface area contributed by atoms with Crippen molar-refractivity contribution in [1.29, 1.82) is 0 Å². The van der Waals surface area contributed by atoms with E-state index in [-0.39, 0.29) is 30.1 Å². The van der Waals surface area contributed by atoms with Crippen LogP contribution in [-0.4, -0.2) is 41.0 Å². The molecule has 1 aliphatic heterocycles. The van der Waals surface area contributed by atoms with E-state index in [0.717, 1.165) is 5.56 Å². The molecule has 2 aromatic rings. The summed E-state index contributed by atoms with van der Waals surface area (Å²) in [6.45, 7) is 3.50. The number of hydrogen-bond acceptors (Lipinski definition) is 4. The van der Waals surface area contributed by atoms with Crippen LogP contribution in [0.1, 0.15) is 37.6 Å². The first-order valence-electron chi connectivity index (χ1n) is 8.80. The topological polar surface area (TPSA) is 66.1 Å².